The number of nitrogens with zero attached hydrogens (tertiary/aromatic N) is 5. The van der Waals surface area contributed by atoms with Crippen LogP contribution in [-0.4, -0.2) is 36.7 Å². The quantitative estimate of drug-likeness (QED) is 0.0857. The molecule has 0 radical (unpaired) electrons. The number of benzene rings is 2. The average Bonchev–Trinajstić information content (AvgIpc) is 3.64. The fourth-order valence-electron chi connectivity index (χ4n) is 6.13. The summed E-state index contributed by atoms with van der Waals surface area (Å²) in [5.41, 5.74) is 0.0412. The first-order valence-corrected chi connectivity index (χ1v) is 16.4. The number of nitrogens with one attached hydrogen (secondary N) is 2. The molecule has 0 bridgehead atoms. The zero-order valence-electron chi connectivity index (χ0n) is 25.1. The van der Waals surface area contributed by atoms with Gasteiger partial charge in [-0.05, 0) is 48.7 Å². The van der Waals surface area contributed by atoms with Crippen LogP contribution in [0.3, 0.4) is 0 Å². The molecule has 3 heterocycles. The predicted octanol–water partition coefficient (Wildman–Crippen LogP) is 8.18. The van der Waals surface area contributed by atoms with E-state index in [-0.39, 0.29) is 34.8 Å². The number of pyridine rings is 1. The molecule has 0 saturated carbocycles. The van der Waals surface area contributed by atoms with Crippen LogP contribution < -0.4 is 10.0 Å². The minimum Gasteiger partial charge on any atom is -0.346 e. The van der Waals surface area contributed by atoms with Crippen LogP contribution in [0.15, 0.2) is 42.5 Å². The number of aromatic nitrogens is 5. The fourth-order valence-corrected chi connectivity index (χ4v) is 6.86. The van der Waals surface area contributed by atoms with Crippen molar-refractivity contribution < 1.29 is 31.1 Å². The summed E-state index contributed by atoms with van der Waals surface area (Å²) in [4.78, 5) is 18.1. The molecule has 1 unspecified atom stereocenters. The minimum atomic E-state index is -3.47. The Labute approximate surface area is 283 Å². The van der Waals surface area contributed by atoms with Gasteiger partial charge in [0.05, 0.1) is 27.7 Å². The maximum Gasteiger partial charge on any atom is 0.290 e. The van der Waals surface area contributed by atoms with Gasteiger partial charge in [0.15, 0.2) is 5.82 Å². The molecule has 0 saturated heterocycles. The summed E-state index contributed by atoms with van der Waals surface area (Å²) < 4.78 is 90.8. The second-order valence-electron chi connectivity index (χ2n) is 11.1. The standard InChI is InChI=1S/C31H25Cl2F6N7OS/c1-45-27-18(3-5-20(32)24(27)30(43-45)44-48-2)17-4-6-22(33)41-25(17)21(11-14-9-15(34)12-16(35)10-14)40-23(47)13-46-28-19(7-8-31(28,38)39)26(42-46)29(36)37/h3-6,9-10,12,21,29H,7-8,11,13H2,1-2H3,(H,40,47)(H,43,44). The van der Waals surface area contributed by atoms with E-state index in [4.69, 9.17) is 23.2 Å². The number of alkyl halides is 4. The molecular weight excluding hydrogens is 703 g/mol. The van der Waals surface area contributed by atoms with Gasteiger partial charge >= 0.3 is 0 Å². The van der Waals surface area contributed by atoms with Gasteiger partial charge in [-0.2, -0.15) is 19.0 Å². The van der Waals surface area contributed by atoms with Gasteiger partial charge in [-0.3, -0.25) is 14.2 Å². The Morgan fingerprint density at radius 3 is 2.44 bits per heavy atom. The van der Waals surface area contributed by atoms with Gasteiger partial charge in [0.25, 0.3) is 12.3 Å². The lowest BCUT2D eigenvalue weighted by molar-refractivity contribution is -0.122. The van der Waals surface area contributed by atoms with E-state index in [2.05, 4.69) is 25.2 Å². The highest BCUT2D eigenvalue weighted by atomic mass is 35.5. The molecule has 48 heavy (non-hydrogen) atoms. The number of carbonyl (C=O) groups excluding carboxylic acids is 1. The monoisotopic (exact) mass is 727 g/mol. The highest BCUT2D eigenvalue weighted by Gasteiger charge is 2.46. The number of fused-ring (bicyclic) bond motifs is 2. The topological polar surface area (TPSA) is 89.7 Å². The van der Waals surface area contributed by atoms with Crippen molar-refractivity contribution in [2.45, 2.75) is 44.2 Å². The van der Waals surface area contributed by atoms with Crippen LogP contribution in [0, 0.1) is 11.6 Å². The molecule has 0 spiro atoms. The van der Waals surface area contributed by atoms with Crippen LogP contribution in [-0.2, 0) is 37.2 Å². The van der Waals surface area contributed by atoms with Crippen molar-refractivity contribution in [2.75, 3.05) is 11.0 Å². The van der Waals surface area contributed by atoms with Gasteiger partial charge in [-0.15, -0.1) is 0 Å². The number of amides is 1. The van der Waals surface area contributed by atoms with Gasteiger partial charge in [-0.1, -0.05) is 41.2 Å². The van der Waals surface area contributed by atoms with Gasteiger partial charge in [-0.25, -0.2) is 22.5 Å². The number of hydrogen-bond donors (Lipinski definition) is 2. The van der Waals surface area contributed by atoms with Crippen LogP contribution in [0.4, 0.5) is 32.2 Å². The lowest BCUT2D eigenvalue weighted by Gasteiger charge is -2.23. The van der Waals surface area contributed by atoms with E-state index in [9.17, 15) is 31.1 Å². The van der Waals surface area contributed by atoms with E-state index in [0.717, 1.165) is 12.1 Å². The van der Waals surface area contributed by atoms with Crippen molar-refractivity contribution in [3.63, 3.8) is 0 Å². The maximum absolute atomic E-state index is 14.8. The highest BCUT2D eigenvalue weighted by molar-refractivity contribution is 7.99. The summed E-state index contributed by atoms with van der Waals surface area (Å²) >= 11 is 14.2. The molecule has 1 atom stereocenters. The second-order valence-corrected chi connectivity index (χ2v) is 12.5. The van der Waals surface area contributed by atoms with Crippen LogP contribution in [0.2, 0.25) is 10.2 Å². The Balaban J connectivity index is 1.46. The fraction of sp³-hybridized carbons (Fsp3) is 0.290. The summed E-state index contributed by atoms with van der Waals surface area (Å²) in [5.74, 6) is -5.62. The summed E-state index contributed by atoms with van der Waals surface area (Å²) in [5, 5.41) is 11.9. The Kier molecular flexibility index (Phi) is 9.30. The number of anilines is 1. The molecule has 0 aliphatic heterocycles. The SMILES string of the molecule is CSNc1nn(C)c2c(-c3ccc(Cl)nc3C(Cc3cc(F)cc(F)c3)NC(=O)Cn3nc(C(F)F)c4c3C(F)(F)CC4)ccc(Cl)c12. The predicted molar refractivity (Wildman–Crippen MR) is 171 cm³/mol. The van der Waals surface area contributed by atoms with Crippen molar-refractivity contribution in [3.8, 4) is 11.1 Å². The van der Waals surface area contributed by atoms with Crippen molar-refractivity contribution in [2.24, 2.45) is 7.05 Å². The van der Waals surface area contributed by atoms with Crippen molar-refractivity contribution in [1.82, 2.24) is 29.9 Å². The third kappa shape index (κ3) is 6.42. The third-order valence-electron chi connectivity index (χ3n) is 7.96. The van der Waals surface area contributed by atoms with Gasteiger partial charge < -0.3 is 10.0 Å². The molecular formula is C31H25Cl2F6N7OS. The van der Waals surface area contributed by atoms with Crippen molar-refractivity contribution in [1.29, 1.82) is 0 Å². The summed E-state index contributed by atoms with van der Waals surface area (Å²) in [6.07, 6.45) is -2.54. The van der Waals surface area contributed by atoms with Crippen LogP contribution >= 0.6 is 35.1 Å². The van der Waals surface area contributed by atoms with Crippen LogP contribution in [0.25, 0.3) is 22.0 Å². The molecule has 1 aliphatic carbocycles. The maximum atomic E-state index is 14.8. The molecule has 2 aromatic carbocycles. The lowest BCUT2D eigenvalue weighted by atomic mass is 9.94. The molecule has 1 amide bonds. The number of carbonyl (C=O) groups is 1. The smallest absolute Gasteiger partial charge is 0.290 e. The van der Waals surface area contributed by atoms with E-state index in [1.165, 1.54) is 18.0 Å². The molecule has 6 rings (SSSR count). The Hall–Kier alpha value is -3.95. The van der Waals surface area contributed by atoms with Gasteiger partial charge in [0, 0.05) is 42.5 Å². The molecule has 17 heteroatoms. The van der Waals surface area contributed by atoms with E-state index >= 15 is 0 Å². The number of halogens is 8. The van der Waals surface area contributed by atoms with Gasteiger partial charge in [0.1, 0.15) is 34.7 Å². The van der Waals surface area contributed by atoms with Crippen molar-refractivity contribution >= 4 is 57.8 Å². The first-order valence-electron chi connectivity index (χ1n) is 14.4. The average molecular weight is 729 g/mol. The van der Waals surface area contributed by atoms with E-state index in [1.54, 1.807) is 29.9 Å². The molecule has 5 aromatic rings. The lowest BCUT2D eigenvalue weighted by Crippen LogP contribution is -2.35. The van der Waals surface area contributed by atoms with Gasteiger partial charge in [0.2, 0.25) is 5.91 Å². The number of aryl methyl sites for hydroxylation is 1. The number of hydrogen-bond acceptors (Lipinski definition) is 6. The third-order valence-corrected chi connectivity index (χ3v) is 8.88. The Morgan fingerprint density at radius 1 is 1.04 bits per heavy atom. The molecule has 2 N–H and O–H groups in total. The summed E-state index contributed by atoms with van der Waals surface area (Å²) in [7, 11) is 1.71. The Bertz CT molecular complexity index is 2030. The zero-order valence-corrected chi connectivity index (χ0v) is 27.4. The largest absolute Gasteiger partial charge is 0.346 e. The van der Waals surface area contributed by atoms with E-state index in [1.807, 2.05) is 6.26 Å². The summed E-state index contributed by atoms with van der Waals surface area (Å²) in [6.45, 7) is -0.842. The first kappa shape index (κ1) is 33.9. The second kappa shape index (κ2) is 13.2. The van der Waals surface area contributed by atoms with E-state index < -0.39 is 60.3 Å². The van der Waals surface area contributed by atoms with E-state index in [0.29, 0.717) is 43.6 Å². The van der Waals surface area contributed by atoms with Crippen LogP contribution in [0.5, 0.6) is 0 Å². The normalized spacial score (nSPS) is 14.5. The Morgan fingerprint density at radius 2 is 1.75 bits per heavy atom. The highest BCUT2D eigenvalue weighted by Crippen LogP contribution is 2.45. The molecule has 0 fully saturated rings. The van der Waals surface area contributed by atoms with Crippen LogP contribution in [0.1, 0.15) is 47.1 Å². The summed E-state index contributed by atoms with van der Waals surface area (Å²) in [6, 6.07) is 8.20. The zero-order chi connectivity index (χ0) is 34.5. The molecule has 252 valence electrons. The molecule has 1 aliphatic rings. The van der Waals surface area contributed by atoms with Crippen molar-refractivity contribution in [3.05, 3.63) is 92.5 Å². The molecule has 3 aromatic heterocycles. The molecule has 8 nitrogen and oxygen atoms in total. The number of rotatable bonds is 10. The first-order chi connectivity index (χ1) is 22.8. The minimum absolute atomic E-state index is 0.0180.